The summed E-state index contributed by atoms with van der Waals surface area (Å²) in [5, 5.41) is 5.18. The second-order valence-electron chi connectivity index (χ2n) is 6.85. The van der Waals surface area contributed by atoms with Gasteiger partial charge in [0, 0.05) is 17.5 Å². The Morgan fingerprint density at radius 3 is 2.83 bits per heavy atom. The van der Waals surface area contributed by atoms with Crippen LogP contribution in [-0.4, -0.2) is 38.7 Å². The summed E-state index contributed by atoms with van der Waals surface area (Å²) in [4.78, 5) is 17.2. The summed E-state index contributed by atoms with van der Waals surface area (Å²) < 4.78 is 30.8. The fraction of sp³-hybridized carbons (Fsp3) is 0.238. The van der Waals surface area contributed by atoms with Crippen LogP contribution in [0.3, 0.4) is 0 Å². The monoisotopic (exact) mass is 443 g/mol. The van der Waals surface area contributed by atoms with E-state index in [1.165, 1.54) is 21.9 Å². The molecule has 156 valence electrons. The molecule has 3 aromatic rings. The van der Waals surface area contributed by atoms with Gasteiger partial charge in [0.05, 0.1) is 29.8 Å². The van der Waals surface area contributed by atoms with Gasteiger partial charge in [-0.25, -0.2) is 13.4 Å². The molecule has 2 aromatic carbocycles. The summed E-state index contributed by atoms with van der Waals surface area (Å²) >= 11 is 1.33. The van der Waals surface area contributed by atoms with Crippen LogP contribution in [0.25, 0.3) is 11.3 Å². The fourth-order valence-corrected chi connectivity index (χ4v) is 5.11. The van der Waals surface area contributed by atoms with E-state index in [0.717, 1.165) is 22.5 Å². The van der Waals surface area contributed by atoms with Crippen molar-refractivity contribution in [3.63, 3.8) is 0 Å². The van der Waals surface area contributed by atoms with Crippen LogP contribution in [0, 0.1) is 0 Å². The first-order valence-electron chi connectivity index (χ1n) is 9.46. The summed E-state index contributed by atoms with van der Waals surface area (Å²) in [7, 11) is -3.27. The molecular weight excluding hydrogens is 422 g/mol. The largest absolute Gasteiger partial charge is 0.493 e. The Morgan fingerprint density at radius 1 is 1.27 bits per heavy atom. The minimum Gasteiger partial charge on any atom is -0.493 e. The lowest BCUT2D eigenvalue weighted by Crippen LogP contribution is -2.27. The van der Waals surface area contributed by atoms with Gasteiger partial charge in [0.1, 0.15) is 5.75 Å². The van der Waals surface area contributed by atoms with Crippen LogP contribution in [0.15, 0.2) is 47.8 Å². The molecule has 0 atom stereocenters. The molecule has 1 amide bonds. The maximum atomic E-state index is 12.7. The highest BCUT2D eigenvalue weighted by Crippen LogP contribution is 2.34. The number of carbonyl (C=O) groups excluding carboxylic acids is 1. The first-order valence-corrected chi connectivity index (χ1v) is 12.2. The van der Waals surface area contributed by atoms with Crippen LogP contribution in [-0.2, 0) is 16.4 Å². The number of fused-ring (bicyclic) bond motifs is 1. The predicted molar refractivity (Wildman–Crippen MR) is 119 cm³/mol. The van der Waals surface area contributed by atoms with Crippen LogP contribution in [0.5, 0.6) is 5.75 Å². The van der Waals surface area contributed by atoms with Gasteiger partial charge >= 0.3 is 0 Å². The quantitative estimate of drug-likeness (QED) is 0.626. The summed E-state index contributed by atoms with van der Waals surface area (Å²) in [5.74, 6) is 0.251. The Morgan fingerprint density at radius 2 is 2.07 bits per heavy atom. The minimum atomic E-state index is -3.27. The van der Waals surface area contributed by atoms with E-state index in [1.807, 2.05) is 36.6 Å². The molecule has 1 aliphatic rings. The van der Waals surface area contributed by atoms with Crippen LogP contribution in [0.1, 0.15) is 22.8 Å². The van der Waals surface area contributed by atoms with Crippen molar-refractivity contribution in [2.24, 2.45) is 0 Å². The maximum Gasteiger partial charge on any atom is 0.261 e. The van der Waals surface area contributed by atoms with Crippen molar-refractivity contribution in [3.05, 3.63) is 59.0 Å². The van der Waals surface area contributed by atoms with Crippen LogP contribution in [0.4, 0.5) is 10.8 Å². The van der Waals surface area contributed by atoms with Crippen molar-refractivity contribution in [1.82, 2.24) is 4.98 Å². The molecule has 4 rings (SSSR count). The molecule has 1 N–H and O–H groups in total. The molecule has 0 bridgehead atoms. The van der Waals surface area contributed by atoms with Crippen LogP contribution >= 0.6 is 11.3 Å². The van der Waals surface area contributed by atoms with E-state index < -0.39 is 10.0 Å². The van der Waals surface area contributed by atoms with Gasteiger partial charge < -0.3 is 4.74 Å². The third kappa shape index (κ3) is 4.03. The first kappa shape index (κ1) is 20.4. The van der Waals surface area contributed by atoms with Crippen molar-refractivity contribution < 1.29 is 17.9 Å². The van der Waals surface area contributed by atoms with E-state index in [2.05, 4.69) is 10.3 Å². The molecule has 7 nitrogen and oxygen atoms in total. The molecular formula is C21H21N3O4S2. The second-order valence-corrected chi connectivity index (χ2v) is 9.61. The van der Waals surface area contributed by atoms with Gasteiger partial charge in [0.15, 0.2) is 5.13 Å². The standard InChI is InChI=1S/C21H21N3O4S2/c1-3-28-19-7-5-4-6-16(19)20(25)23-21-22-17(13-29-21)14-8-9-18-15(12-14)10-11-24(18)30(2,26)27/h4-9,12-13H,3,10-11H2,1-2H3,(H,22,23,25). The Bertz CT molecular complexity index is 1200. The normalized spacial score (nSPS) is 13.2. The number of hydrogen-bond donors (Lipinski definition) is 1. The lowest BCUT2D eigenvalue weighted by atomic mass is 10.1. The van der Waals surface area contributed by atoms with E-state index in [0.29, 0.717) is 36.0 Å². The minimum absolute atomic E-state index is 0.280. The topological polar surface area (TPSA) is 88.6 Å². The number of thiazole rings is 1. The Balaban J connectivity index is 1.54. The fourth-order valence-electron chi connectivity index (χ4n) is 3.44. The molecule has 0 saturated carbocycles. The number of para-hydroxylation sites is 1. The molecule has 30 heavy (non-hydrogen) atoms. The van der Waals surface area contributed by atoms with Crippen molar-refractivity contribution in [2.45, 2.75) is 13.3 Å². The van der Waals surface area contributed by atoms with Crippen LogP contribution < -0.4 is 14.4 Å². The number of hydrogen-bond acceptors (Lipinski definition) is 6. The van der Waals surface area contributed by atoms with E-state index in [1.54, 1.807) is 18.2 Å². The lowest BCUT2D eigenvalue weighted by Gasteiger charge is -2.16. The number of nitrogens with zero attached hydrogens (tertiary/aromatic N) is 2. The average Bonchev–Trinajstić information content (AvgIpc) is 3.34. The first-order chi connectivity index (χ1) is 14.4. The van der Waals surface area contributed by atoms with Gasteiger partial charge in [-0.05, 0) is 43.2 Å². The van der Waals surface area contributed by atoms with E-state index >= 15 is 0 Å². The maximum absolute atomic E-state index is 12.7. The molecule has 0 spiro atoms. The average molecular weight is 444 g/mol. The van der Waals surface area contributed by atoms with E-state index in [4.69, 9.17) is 4.74 Å². The van der Waals surface area contributed by atoms with Crippen molar-refractivity contribution >= 4 is 38.1 Å². The number of benzene rings is 2. The number of amides is 1. The number of sulfonamides is 1. The summed E-state index contributed by atoms with van der Waals surface area (Å²) in [6, 6.07) is 12.7. The SMILES string of the molecule is CCOc1ccccc1C(=O)Nc1nc(-c2ccc3c(c2)CCN3S(C)(=O)=O)cs1. The van der Waals surface area contributed by atoms with E-state index in [-0.39, 0.29) is 5.91 Å². The number of rotatable bonds is 6. The number of aromatic nitrogens is 1. The zero-order valence-corrected chi connectivity index (χ0v) is 18.2. The van der Waals surface area contributed by atoms with Gasteiger partial charge in [0.2, 0.25) is 10.0 Å². The molecule has 0 unspecified atom stereocenters. The van der Waals surface area contributed by atoms with Crippen LogP contribution in [0.2, 0.25) is 0 Å². The highest BCUT2D eigenvalue weighted by molar-refractivity contribution is 7.92. The molecule has 1 aromatic heterocycles. The zero-order chi connectivity index (χ0) is 21.3. The summed E-state index contributed by atoms with van der Waals surface area (Å²) in [6.45, 7) is 2.80. The zero-order valence-electron chi connectivity index (χ0n) is 16.6. The second kappa shape index (κ2) is 8.08. The van der Waals surface area contributed by atoms with E-state index in [9.17, 15) is 13.2 Å². The number of ether oxygens (including phenoxy) is 1. The third-order valence-corrected chi connectivity index (χ3v) is 6.72. The Kier molecular flexibility index (Phi) is 5.48. The summed E-state index contributed by atoms with van der Waals surface area (Å²) in [6.07, 6.45) is 1.88. The number of anilines is 2. The molecule has 0 radical (unpaired) electrons. The highest BCUT2D eigenvalue weighted by atomic mass is 32.2. The smallest absolute Gasteiger partial charge is 0.261 e. The van der Waals surface area contributed by atoms with Gasteiger partial charge in [-0.3, -0.25) is 14.4 Å². The molecule has 9 heteroatoms. The van der Waals surface area contributed by atoms with Gasteiger partial charge in [0.25, 0.3) is 5.91 Å². The molecule has 2 heterocycles. The predicted octanol–water partition coefficient (Wildman–Crippen LogP) is 3.78. The van der Waals surface area contributed by atoms with Gasteiger partial charge in [-0.15, -0.1) is 11.3 Å². The molecule has 0 aliphatic carbocycles. The van der Waals surface area contributed by atoms with Crippen molar-refractivity contribution in [2.75, 3.05) is 29.0 Å². The molecule has 0 fully saturated rings. The number of carbonyl (C=O) groups is 1. The van der Waals surface area contributed by atoms with Crippen molar-refractivity contribution in [1.29, 1.82) is 0 Å². The van der Waals surface area contributed by atoms with Crippen molar-refractivity contribution in [3.8, 4) is 17.0 Å². The number of nitrogens with one attached hydrogen (secondary N) is 1. The van der Waals surface area contributed by atoms with Gasteiger partial charge in [-0.1, -0.05) is 18.2 Å². The summed E-state index contributed by atoms with van der Waals surface area (Å²) in [5.41, 5.74) is 3.76. The lowest BCUT2D eigenvalue weighted by molar-refractivity contribution is 0.102. The Hall–Kier alpha value is -2.91. The highest BCUT2D eigenvalue weighted by Gasteiger charge is 2.26. The third-order valence-electron chi connectivity index (χ3n) is 4.78. The molecule has 0 saturated heterocycles. The van der Waals surface area contributed by atoms with Gasteiger partial charge in [-0.2, -0.15) is 0 Å². The Labute approximate surface area is 179 Å². The molecule has 1 aliphatic heterocycles.